The molecule has 1 aliphatic carbocycles. The molecule has 1 atom stereocenters. The molecule has 1 aromatic rings. The molecule has 0 saturated heterocycles. The van der Waals surface area contributed by atoms with Crippen LogP contribution in [-0.2, 0) is 0 Å². The summed E-state index contributed by atoms with van der Waals surface area (Å²) in [5, 5.41) is 0. The van der Waals surface area contributed by atoms with E-state index in [2.05, 4.69) is 42.5 Å². The van der Waals surface area contributed by atoms with Crippen LogP contribution in [0.1, 0.15) is 24.4 Å². The van der Waals surface area contributed by atoms with E-state index in [0.717, 1.165) is 5.92 Å². The number of hydrogen-bond acceptors (Lipinski definition) is 3. The fourth-order valence-electron chi connectivity index (χ4n) is 2.23. The molecule has 17 heavy (non-hydrogen) atoms. The van der Waals surface area contributed by atoms with Gasteiger partial charge in [-0.3, -0.25) is 4.90 Å². The van der Waals surface area contributed by atoms with Gasteiger partial charge in [-0.1, -0.05) is 12.1 Å². The van der Waals surface area contributed by atoms with Crippen molar-refractivity contribution in [2.75, 3.05) is 26.4 Å². The first-order chi connectivity index (χ1) is 8.24. The van der Waals surface area contributed by atoms with Gasteiger partial charge in [0.2, 0.25) is 0 Å². The Balaban J connectivity index is 2.04. The number of nitrogens with two attached hydrogens (primary N) is 1. The van der Waals surface area contributed by atoms with E-state index < -0.39 is 0 Å². The van der Waals surface area contributed by atoms with Gasteiger partial charge in [-0.2, -0.15) is 0 Å². The smallest absolute Gasteiger partial charge is 0.0467 e. The van der Waals surface area contributed by atoms with E-state index in [-0.39, 0.29) is 0 Å². The average molecular weight is 250 g/mol. The van der Waals surface area contributed by atoms with Crippen molar-refractivity contribution in [2.24, 2.45) is 11.7 Å². The van der Waals surface area contributed by atoms with Gasteiger partial charge >= 0.3 is 0 Å². The summed E-state index contributed by atoms with van der Waals surface area (Å²) in [7, 11) is 2.19. The molecule has 2 N–H and O–H groups in total. The zero-order chi connectivity index (χ0) is 12.3. The minimum atomic E-state index is 0.367. The Morgan fingerprint density at radius 1 is 1.35 bits per heavy atom. The van der Waals surface area contributed by atoms with Crippen molar-refractivity contribution in [3.05, 3.63) is 29.8 Å². The van der Waals surface area contributed by atoms with Crippen molar-refractivity contribution in [3.8, 4) is 0 Å². The molecule has 0 spiro atoms. The van der Waals surface area contributed by atoms with Crippen molar-refractivity contribution in [1.29, 1.82) is 0 Å². The fraction of sp³-hybridized carbons (Fsp3) is 0.571. The summed E-state index contributed by atoms with van der Waals surface area (Å²) in [4.78, 5) is 3.72. The van der Waals surface area contributed by atoms with Crippen LogP contribution in [0, 0.1) is 5.92 Å². The van der Waals surface area contributed by atoms with Crippen molar-refractivity contribution >= 4 is 11.8 Å². The van der Waals surface area contributed by atoms with Crippen LogP contribution in [-0.4, -0.2) is 31.3 Å². The van der Waals surface area contributed by atoms with Gasteiger partial charge in [0.05, 0.1) is 0 Å². The minimum absolute atomic E-state index is 0.367. The number of rotatable bonds is 6. The fourth-order valence-corrected chi connectivity index (χ4v) is 2.64. The lowest BCUT2D eigenvalue weighted by Crippen LogP contribution is -2.32. The molecular weight excluding hydrogens is 228 g/mol. The quantitative estimate of drug-likeness (QED) is 0.787. The molecule has 1 aromatic carbocycles. The number of benzene rings is 1. The van der Waals surface area contributed by atoms with Gasteiger partial charge in [0, 0.05) is 24.0 Å². The summed E-state index contributed by atoms with van der Waals surface area (Å²) in [6.45, 7) is 1.88. The van der Waals surface area contributed by atoms with Crippen LogP contribution in [0.15, 0.2) is 29.2 Å². The first-order valence-electron chi connectivity index (χ1n) is 6.29. The highest BCUT2D eigenvalue weighted by atomic mass is 32.2. The summed E-state index contributed by atoms with van der Waals surface area (Å²) >= 11 is 1.78. The second kappa shape index (κ2) is 5.89. The molecule has 0 heterocycles. The third-order valence-corrected chi connectivity index (χ3v) is 4.24. The Hall–Kier alpha value is -0.510. The monoisotopic (exact) mass is 250 g/mol. The van der Waals surface area contributed by atoms with Crippen LogP contribution in [0.4, 0.5) is 0 Å². The maximum Gasteiger partial charge on any atom is 0.0467 e. The molecular formula is C14H22N2S. The molecule has 0 bridgehead atoms. The molecule has 3 heteroatoms. The Labute approximate surface area is 109 Å². The maximum atomic E-state index is 5.93. The number of likely N-dealkylation sites (N-methyl/N-ethyl adjacent to an activating group) is 1. The summed E-state index contributed by atoms with van der Waals surface area (Å²) in [6.07, 6.45) is 4.90. The molecule has 1 saturated carbocycles. The number of hydrogen-bond donors (Lipinski definition) is 1. The summed E-state index contributed by atoms with van der Waals surface area (Å²) in [5.74, 6) is 0.916. The van der Waals surface area contributed by atoms with Gasteiger partial charge in [-0.15, -0.1) is 11.8 Å². The molecule has 1 unspecified atom stereocenters. The summed E-state index contributed by atoms with van der Waals surface area (Å²) in [6, 6.07) is 9.17. The number of thioether (sulfide) groups is 1. The number of nitrogens with zero attached hydrogens (tertiary/aromatic N) is 1. The van der Waals surface area contributed by atoms with Gasteiger partial charge in [-0.05, 0) is 49.8 Å². The van der Waals surface area contributed by atoms with Crippen LogP contribution in [0.3, 0.4) is 0 Å². The highest BCUT2D eigenvalue weighted by molar-refractivity contribution is 7.98. The van der Waals surface area contributed by atoms with E-state index in [9.17, 15) is 0 Å². The predicted octanol–water partition coefficient (Wildman–Crippen LogP) is 2.75. The molecule has 2 nitrogen and oxygen atoms in total. The first kappa shape index (κ1) is 12.9. The van der Waals surface area contributed by atoms with Gasteiger partial charge < -0.3 is 5.73 Å². The van der Waals surface area contributed by atoms with Crippen molar-refractivity contribution in [3.63, 3.8) is 0 Å². The van der Waals surface area contributed by atoms with Crippen LogP contribution in [0.2, 0.25) is 0 Å². The van der Waals surface area contributed by atoms with Gasteiger partial charge in [0.1, 0.15) is 0 Å². The van der Waals surface area contributed by atoms with Crippen molar-refractivity contribution in [2.45, 2.75) is 23.8 Å². The normalized spacial score (nSPS) is 17.4. The SMILES string of the molecule is CSc1ccc(C(CN)N(C)CC2CC2)cc1. The van der Waals surface area contributed by atoms with Crippen LogP contribution >= 0.6 is 11.8 Å². The zero-order valence-electron chi connectivity index (χ0n) is 10.7. The Morgan fingerprint density at radius 3 is 2.47 bits per heavy atom. The molecule has 0 radical (unpaired) electrons. The summed E-state index contributed by atoms with van der Waals surface area (Å²) in [5.41, 5.74) is 7.27. The maximum absolute atomic E-state index is 5.93. The van der Waals surface area contributed by atoms with Gasteiger partial charge in [0.25, 0.3) is 0 Å². The Kier molecular flexibility index (Phi) is 4.48. The van der Waals surface area contributed by atoms with Crippen LogP contribution in [0.5, 0.6) is 0 Å². The Morgan fingerprint density at radius 2 is 2.00 bits per heavy atom. The lowest BCUT2D eigenvalue weighted by atomic mass is 10.1. The molecule has 1 fully saturated rings. The van der Waals surface area contributed by atoms with Crippen molar-refractivity contribution in [1.82, 2.24) is 4.90 Å². The third kappa shape index (κ3) is 3.47. The second-order valence-corrected chi connectivity index (χ2v) is 5.79. The molecule has 94 valence electrons. The summed E-state index contributed by atoms with van der Waals surface area (Å²) < 4.78 is 0. The topological polar surface area (TPSA) is 29.3 Å². The molecule has 0 aliphatic heterocycles. The standard InChI is InChI=1S/C14H22N2S/c1-16(10-11-3-4-11)14(9-15)12-5-7-13(17-2)8-6-12/h5-8,11,14H,3-4,9-10,15H2,1-2H3. The van der Waals surface area contributed by atoms with E-state index in [1.807, 2.05) is 0 Å². The predicted molar refractivity (Wildman–Crippen MR) is 75.4 cm³/mol. The molecule has 2 rings (SSSR count). The highest BCUT2D eigenvalue weighted by Gasteiger charge is 2.26. The van der Waals surface area contributed by atoms with Gasteiger partial charge in [0.15, 0.2) is 0 Å². The second-order valence-electron chi connectivity index (χ2n) is 4.91. The van der Waals surface area contributed by atoms with Crippen molar-refractivity contribution < 1.29 is 0 Å². The lowest BCUT2D eigenvalue weighted by Gasteiger charge is -2.27. The third-order valence-electron chi connectivity index (χ3n) is 3.50. The van der Waals surface area contributed by atoms with Crippen LogP contribution < -0.4 is 5.73 Å². The van der Waals surface area contributed by atoms with Crippen LogP contribution in [0.25, 0.3) is 0 Å². The largest absolute Gasteiger partial charge is 0.329 e. The zero-order valence-corrected chi connectivity index (χ0v) is 11.5. The minimum Gasteiger partial charge on any atom is -0.329 e. The van der Waals surface area contributed by atoms with E-state index in [4.69, 9.17) is 5.73 Å². The molecule has 0 aromatic heterocycles. The van der Waals surface area contributed by atoms with E-state index in [1.54, 1.807) is 11.8 Å². The van der Waals surface area contributed by atoms with E-state index in [1.165, 1.54) is 29.8 Å². The van der Waals surface area contributed by atoms with E-state index >= 15 is 0 Å². The molecule has 1 aliphatic rings. The van der Waals surface area contributed by atoms with Gasteiger partial charge in [-0.25, -0.2) is 0 Å². The highest BCUT2D eigenvalue weighted by Crippen LogP contribution is 2.32. The van der Waals surface area contributed by atoms with E-state index in [0.29, 0.717) is 12.6 Å². The average Bonchev–Trinajstić information content (AvgIpc) is 3.15. The first-order valence-corrected chi connectivity index (χ1v) is 7.51. The Bertz CT molecular complexity index is 346. The molecule has 0 amide bonds. The lowest BCUT2D eigenvalue weighted by molar-refractivity contribution is 0.240.